The highest BCUT2D eigenvalue weighted by Gasteiger charge is 2.53. The van der Waals surface area contributed by atoms with Gasteiger partial charge in [0.15, 0.2) is 0 Å². The summed E-state index contributed by atoms with van der Waals surface area (Å²) in [5, 5.41) is 0. The van der Waals surface area contributed by atoms with Crippen LogP contribution in [0.2, 0.25) is 0 Å². The molecule has 4 aliphatic rings. The summed E-state index contributed by atoms with van der Waals surface area (Å²) < 4.78 is 50.3. The van der Waals surface area contributed by atoms with Gasteiger partial charge in [0.05, 0.1) is 0 Å². The smallest absolute Gasteiger partial charge is 0.0303 e. The predicted molar refractivity (Wildman–Crippen MR) is 50.9 cm³/mol. The molecule has 0 N–H and O–H groups in total. The van der Waals surface area contributed by atoms with Crippen LogP contribution in [0.5, 0.6) is 0 Å². The van der Waals surface area contributed by atoms with Crippen molar-refractivity contribution < 1.29 is 8.22 Å². The lowest BCUT2D eigenvalue weighted by atomic mass is 9.45. The lowest BCUT2D eigenvalue weighted by molar-refractivity contribution is -0.0920. The minimum absolute atomic E-state index is 0.0288. The Hall–Kier alpha value is 0. The van der Waals surface area contributed by atoms with Crippen molar-refractivity contribution in [3.05, 3.63) is 0 Å². The lowest BCUT2D eigenvalue weighted by Crippen LogP contribution is -2.49. The van der Waals surface area contributed by atoms with Crippen LogP contribution in [0.1, 0.15) is 60.5 Å². The van der Waals surface area contributed by atoms with E-state index in [-0.39, 0.29) is 12.3 Å². The fourth-order valence-electron chi connectivity index (χ4n) is 3.46. The van der Waals surface area contributed by atoms with Gasteiger partial charge >= 0.3 is 0 Å². The first-order chi connectivity index (χ1) is 7.93. The summed E-state index contributed by atoms with van der Waals surface area (Å²) in [6, 6.07) is 0. The maximum absolute atomic E-state index is 8.52. The monoisotopic (exact) mass is 170 g/mol. The highest BCUT2D eigenvalue weighted by Crippen LogP contribution is 2.64. The summed E-state index contributed by atoms with van der Waals surface area (Å²) in [5.74, 6) is -1.48. The normalized spacial score (nSPS) is 90.5. The van der Waals surface area contributed by atoms with Gasteiger partial charge in [0.25, 0.3) is 0 Å². The Labute approximate surface area is 84.2 Å². The maximum Gasteiger partial charge on any atom is 0.0303 e. The molecule has 0 aromatic carbocycles. The van der Waals surface area contributed by atoms with Gasteiger partial charge in [-0.15, -0.1) is 0 Å². The molecule has 0 nitrogen and oxygen atoms in total. The Balaban J connectivity index is 2.27. The van der Waals surface area contributed by atoms with E-state index in [0.717, 1.165) is 0 Å². The molecule has 4 aliphatic carbocycles. The quantitative estimate of drug-likeness (QED) is 0.521. The van der Waals surface area contributed by atoms with Crippen molar-refractivity contribution in [2.24, 2.45) is 22.6 Å². The molecule has 0 heteroatoms. The predicted octanol–water partition coefficient (Wildman–Crippen LogP) is 3.61. The molecule has 0 radical (unpaired) electrons. The van der Waals surface area contributed by atoms with Crippen molar-refractivity contribution >= 4 is 0 Å². The minimum atomic E-state index is -1.94. The Kier molecular flexibility index (Phi) is 0.578. The summed E-state index contributed by atoms with van der Waals surface area (Å²) in [6.45, 7) is 3.51. The van der Waals surface area contributed by atoms with Crippen molar-refractivity contribution in [3.63, 3.8) is 0 Å². The van der Waals surface area contributed by atoms with E-state index in [2.05, 4.69) is 0 Å². The summed E-state index contributed by atoms with van der Waals surface area (Å²) in [6.07, 6.45) is -3.07. The molecule has 4 fully saturated rings. The Morgan fingerprint density at radius 2 is 2.00 bits per heavy atom. The molecule has 12 heavy (non-hydrogen) atoms. The van der Waals surface area contributed by atoms with Crippen molar-refractivity contribution in [3.8, 4) is 0 Å². The third-order valence-electron chi connectivity index (χ3n) is 3.41. The van der Waals surface area contributed by atoms with Crippen LogP contribution in [0.3, 0.4) is 0 Å². The molecule has 68 valence electrons. The molecule has 0 aromatic rings. The van der Waals surface area contributed by atoms with E-state index in [1.54, 1.807) is 6.92 Å². The number of hydrogen-bond donors (Lipinski definition) is 0. The van der Waals surface area contributed by atoms with Gasteiger partial charge in [0.2, 0.25) is 0 Å². The first kappa shape index (κ1) is 3.63. The third kappa shape index (κ3) is 0.900. The van der Waals surface area contributed by atoms with E-state index >= 15 is 0 Å². The summed E-state index contributed by atoms with van der Waals surface area (Å²) in [4.78, 5) is 0. The molecule has 4 rings (SSSR count). The fraction of sp³-hybridized carbons (Fsp3) is 1.00. The van der Waals surface area contributed by atoms with Gasteiger partial charge in [0, 0.05) is 8.22 Å². The molecule has 0 aromatic heterocycles. The second kappa shape index (κ2) is 1.91. The van der Waals surface area contributed by atoms with Crippen molar-refractivity contribution in [1.82, 2.24) is 0 Å². The van der Waals surface area contributed by atoms with Gasteiger partial charge in [-0.3, -0.25) is 0 Å². The highest BCUT2D eigenvalue weighted by atomic mass is 14.6. The second-order valence-electron chi connectivity index (χ2n) is 5.18. The summed E-state index contributed by atoms with van der Waals surface area (Å²) in [5.41, 5.74) is -1.80. The average molecular weight is 170 g/mol. The lowest BCUT2D eigenvalue weighted by Gasteiger charge is -2.60. The van der Waals surface area contributed by atoms with Gasteiger partial charge in [-0.1, -0.05) is 13.8 Å². The Morgan fingerprint density at radius 1 is 1.25 bits per heavy atom. The molecular weight excluding hydrogens is 144 g/mol. The fourth-order valence-corrected chi connectivity index (χ4v) is 3.46. The zero-order valence-corrected chi connectivity index (χ0v) is 7.78. The highest BCUT2D eigenvalue weighted by molar-refractivity contribution is 5.04. The largest absolute Gasteiger partial charge is 0.0596 e. The average Bonchev–Trinajstić information content (AvgIpc) is 2.21. The van der Waals surface area contributed by atoms with Crippen LogP contribution in [-0.4, -0.2) is 0 Å². The van der Waals surface area contributed by atoms with Gasteiger partial charge < -0.3 is 0 Å². The van der Waals surface area contributed by atoms with Crippen LogP contribution in [0, 0.1) is 22.6 Å². The third-order valence-corrected chi connectivity index (χ3v) is 3.41. The number of hydrogen-bond acceptors (Lipinski definition) is 0. The summed E-state index contributed by atoms with van der Waals surface area (Å²) in [7, 11) is 0. The van der Waals surface area contributed by atoms with E-state index < -0.39 is 35.9 Å². The molecule has 0 amide bonds. The van der Waals surface area contributed by atoms with Crippen LogP contribution >= 0.6 is 0 Å². The minimum Gasteiger partial charge on any atom is -0.0596 e. The molecule has 0 saturated heterocycles. The van der Waals surface area contributed by atoms with Gasteiger partial charge in [-0.25, -0.2) is 0 Å². The molecule has 0 aliphatic heterocycles. The zero-order chi connectivity index (χ0) is 13.8. The molecule has 4 saturated carbocycles. The molecule has 4 bridgehead atoms. The number of rotatable bonds is 0. The van der Waals surface area contributed by atoms with Gasteiger partial charge in [0.1, 0.15) is 0 Å². The molecule has 5 unspecified atom stereocenters. The van der Waals surface area contributed by atoms with E-state index in [1.807, 2.05) is 6.92 Å². The van der Waals surface area contributed by atoms with Crippen molar-refractivity contribution in [2.45, 2.75) is 52.3 Å². The van der Waals surface area contributed by atoms with Gasteiger partial charge in [-0.05, 0) is 61.0 Å². The van der Waals surface area contributed by atoms with Crippen LogP contribution in [0.15, 0.2) is 0 Å². The SMILES string of the molecule is [2H]C1C2CC3(C)CC1([2H])C([2H])([2H])C(C)(C2)C3([2H])[2H]. The van der Waals surface area contributed by atoms with Crippen LogP contribution in [0.4, 0.5) is 0 Å². The molecule has 0 spiro atoms. The zero-order valence-electron chi connectivity index (χ0n) is 13.8. The Bertz CT molecular complexity index is 418. The van der Waals surface area contributed by atoms with E-state index in [0.29, 0.717) is 12.8 Å². The topological polar surface area (TPSA) is 0 Å². The molecule has 0 heterocycles. The van der Waals surface area contributed by atoms with Crippen molar-refractivity contribution in [1.29, 1.82) is 0 Å². The van der Waals surface area contributed by atoms with Crippen LogP contribution in [0.25, 0.3) is 0 Å². The standard InChI is InChI=1S/C12H20/c1-11-4-9-3-10(5-11)7-12(2,6-9)8-11/h9-10H,3-8H2,1-2H3/i3D,4D2,8D2,9D. The van der Waals surface area contributed by atoms with Crippen LogP contribution < -0.4 is 0 Å². The first-order valence-corrected chi connectivity index (χ1v) is 4.85. The van der Waals surface area contributed by atoms with E-state index in [4.69, 9.17) is 8.22 Å². The maximum atomic E-state index is 8.52. The summed E-state index contributed by atoms with van der Waals surface area (Å²) >= 11 is 0. The van der Waals surface area contributed by atoms with Gasteiger partial charge in [-0.2, -0.15) is 0 Å². The molecule has 5 atom stereocenters. The Morgan fingerprint density at radius 3 is 2.83 bits per heavy atom. The van der Waals surface area contributed by atoms with E-state index in [9.17, 15) is 0 Å². The van der Waals surface area contributed by atoms with Crippen LogP contribution in [-0.2, 0) is 0 Å². The van der Waals surface area contributed by atoms with Crippen molar-refractivity contribution in [2.75, 3.05) is 0 Å². The second-order valence-corrected chi connectivity index (χ2v) is 5.18. The molecular formula is C12H20. The first-order valence-electron chi connectivity index (χ1n) is 7.93. The van der Waals surface area contributed by atoms with E-state index in [1.165, 1.54) is 0 Å².